The van der Waals surface area contributed by atoms with Crippen LogP contribution >= 0.6 is 0 Å². The highest BCUT2D eigenvalue weighted by Gasteiger charge is 2.37. The third-order valence-corrected chi connectivity index (χ3v) is 2.63. The first-order valence-electron chi connectivity index (χ1n) is 5.48. The molecule has 1 unspecified atom stereocenters. The van der Waals surface area contributed by atoms with E-state index in [4.69, 9.17) is 4.52 Å². The van der Waals surface area contributed by atoms with Gasteiger partial charge < -0.3 is 4.52 Å². The van der Waals surface area contributed by atoms with Gasteiger partial charge in [-0.3, -0.25) is 19.8 Å². The second kappa shape index (κ2) is 4.62. The highest BCUT2D eigenvalue weighted by atomic mass is 16.5. The fourth-order valence-corrected chi connectivity index (χ4v) is 1.80. The first-order chi connectivity index (χ1) is 8.11. The lowest BCUT2D eigenvalue weighted by Gasteiger charge is -2.11. The third kappa shape index (κ3) is 2.33. The summed E-state index contributed by atoms with van der Waals surface area (Å²) >= 11 is 0. The Morgan fingerprint density at radius 2 is 2.29 bits per heavy atom. The lowest BCUT2D eigenvalue weighted by Crippen LogP contribution is -2.38. The molecule has 0 aliphatic carbocycles. The van der Waals surface area contributed by atoms with Gasteiger partial charge in [-0.1, -0.05) is 5.16 Å². The lowest BCUT2D eigenvalue weighted by molar-refractivity contribution is -0.138. The third-order valence-electron chi connectivity index (χ3n) is 2.63. The molecule has 1 fully saturated rings. The van der Waals surface area contributed by atoms with E-state index in [0.717, 1.165) is 0 Å². The topological polar surface area (TPSA) is 88.3 Å². The smallest absolute Gasteiger partial charge is 0.246 e. The fourth-order valence-electron chi connectivity index (χ4n) is 1.80. The Morgan fingerprint density at radius 3 is 2.82 bits per heavy atom. The molecule has 0 radical (unpaired) electrons. The number of likely N-dealkylation sites (N-methyl/N-ethyl adjacent to an activating group) is 1. The van der Waals surface area contributed by atoms with Gasteiger partial charge in [-0.15, -0.1) is 0 Å². The van der Waals surface area contributed by atoms with Crippen molar-refractivity contribution in [3.05, 3.63) is 11.7 Å². The minimum absolute atomic E-state index is 0.142. The molecule has 1 N–H and O–H groups in total. The normalized spacial score (nSPS) is 20.4. The van der Waals surface area contributed by atoms with Crippen molar-refractivity contribution in [1.82, 2.24) is 20.4 Å². The Labute approximate surface area is 98.2 Å². The molecular formula is C10H14N4O3. The number of nitrogens with zero attached hydrogens (tertiary/aromatic N) is 3. The van der Waals surface area contributed by atoms with Gasteiger partial charge in [0.15, 0.2) is 5.82 Å². The number of amides is 2. The second-order valence-corrected chi connectivity index (χ2v) is 3.85. The van der Waals surface area contributed by atoms with E-state index in [1.165, 1.54) is 4.90 Å². The van der Waals surface area contributed by atoms with Crippen molar-refractivity contribution in [2.24, 2.45) is 0 Å². The van der Waals surface area contributed by atoms with Crippen LogP contribution in [0.1, 0.15) is 25.1 Å². The van der Waals surface area contributed by atoms with Crippen molar-refractivity contribution >= 4 is 11.8 Å². The van der Waals surface area contributed by atoms with Crippen LogP contribution in [0.3, 0.4) is 0 Å². The number of nitrogens with one attached hydrogen (secondary N) is 1. The average molecular weight is 238 g/mol. The molecule has 1 aliphatic heterocycles. The summed E-state index contributed by atoms with van der Waals surface area (Å²) in [5, 5.41) is 6.59. The monoisotopic (exact) mass is 238 g/mol. The molecule has 0 spiro atoms. The van der Waals surface area contributed by atoms with Crippen molar-refractivity contribution in [1.29, 1.82) is 0 Å². The first-order valence-corrected chi connectivity index (χ1v) is 5.48. The maximum absolute atomic E-state index is 11.7. The molecule has 17 heavy (non-hydrogen) atoms. The number of aryl methyl sites for hydroxylation is 1. The van der Waals surface area contributed by atoms with Gasteiger partial charge in [0.25, 0.3) is 0 Å². The maximum Gasteiger partial charge on any atom is 0.246 e. The summed E-state index contributed by atoms with van der Waals surface area (Å²) in [6.07, 6.45) is 0.194. The summed E-state index contributed by atoms with van der Waals surface area (Å²) in [6, 6.07) is -0.477. The lowest BCUT2D eigenvalue weighted by atomic mass is 10.2. The van der Waals surface area contributed by atoms with E-state index in [0.29, 0.717) is 24.8 Å². The van der Waals surface area contributed by atoms with Gasteiger partial charge in [-0.25, -0.2) is 0 Å². The number of likely N-dealkylation sites (tertiary alicyclic amines) is 1. The number of hydrogen-bond acceptors (Lipinski definition) is 6. The van der Waals surface area contributed by atoms with Crippen LogP contribution in [0, 0.1) is 6.92 Å². The van der Waals surface area contributed by atoms with E-state index in [1.807, 2.05) is 0 Å². The van der Waals surface area contributed by atoms with E-state index in [-0.39, 0.29) is 18.2 Å². The molecule has 0 bridgehead atoms. The van der Waals surface area contributed by atoms with Crippen molar-refractivity contribution in [3.8, 4) is 0 Å². The maximum atomic E-state index is 11.7. The van der Waals surface area contributed by atoms with Gasteiger partial charge >= 0.3 is 0 Å². The van der Waals surface area contributed by atoms with E-state index >= 15 is 0 Å². The molecule has 1 saturated heterocycles. The molecule has 2 amide bonds. The Bertz CT molecular complexity index is 443. The largest absolute Gasteiger partial charge is 0.338 e. The molecule has 2 rings (SSSR count). The van der Waals surface area contributed by atoms with Crippen LogP contribution in [0.2, 0.25) is 0 Å². The van der Waals surface area contributed by atoms with Crippen molar-refractivity contribution in [3.63, 3.8) is 0 Å². The number of rotatable bonds is 4. The number of aromatic nitrogens is 2. The molecule has 1 atom stereocenters. The predicted octanol–water partition coefficient (Wildman–Crippen LogP) is -0.385. The number of carbonyl (C=O) groups is 2. The molecular weight excluding hydrogens is 224 g/mol. The number of hydrogen-bond donors (Lipinski definition) is 1. The Kier molecular flexibility index (Phi) is 3.19. The predicted molar refractivity (Wildman–Crippen MR) is 56.7 cm³/mol. The molecule has 0 aromatic carbocycles. The summed E-state index contributed by atoms with van der Waals surface area (Å²) < 4.78 is 4.91. The Morgan fingerprint density at radius 1 is 1.53 bits per heavy atom. The van der Waals surface area contributed by atoms with Gasteiger partial charge in [0, 0.05) is 6.54 Å². The molecule has 7 heteroatoms. The highest BCUT2D eigenvalue weighted by molar-refractivity contribution is 6.05. The SMILES string of the molecule is CCN1C(=O)CC(NCc2nc(C)no2)C1=O. The van der Waals surface area contributed by atoms with Gasteiger partial charge in [-0.2, -0.15) is 4.98 Å². The molecule has 1 aromatic rings. The molecule has 92 valence electrons. The van der Waals surface area contributed by atoms with Crippen LogP contribution in [-0.2, 0) is 16.1 Å². The zero-order valence-electron chi connectivity index (χ0n) is 9.77. The van der Waals surface area contributed by atoms with E-state index < -0.39 is 6.04 Å². The van der Waals surface area contributed by atoms with Crippen LogP contribution in [0.5, 0.6) is 0 Å². The van der Waals surface area contributed by atoms with Gasteiger partial charge in [0.2, 0.25) is 17.7 Å². The van der Waals surface area contributed by atoms with Gasteiger partial charge in [0.05, 0.1) is 19.0 Å². The van der Waals surface area contributed by atoms with Crippen molar-refractivity contribution < 1.29 is 14.1 Å². The van der Waals surface area contributed by atoms with Crippen LogP contribution in [0.25, 0.3) is 0 Å². The molecule has 1 aromatic heterocycles. The second-order valence-electron chi connectivity index (χ2n) is 3.85. The molecule has 2 heterocycles. The van der Waals surface area contributed by atoms with E-state index in [9.17, 15) is 9.59 Å². The van der Waals surface area contributed by atoms with Crippen LogP contribution < -0.4 is 5.32 Å². The quantitative estimate of drug-likeness (QED) is 0.719. The Hall–Kier alpha value is -1.76. The zero-order chi connectivity index (χ0) is 12.4. The minimum Gasteiger partial charge on any atom is -0.338 e. The Balaban J connectivity index is 1.92. The van der Waals surface area contributed by atoms with Crippen LogP contribution in [0.4, 0.5) is 0 Å². The number of imide groups is 1. The average Bonchev–Trinajstić information content (AvgIpc) is 2.81. The summed E-state index contributed by atoms with van der Waals surface area (Å²) in [5.41, 5.74) is 0. The summed E-state index contributed by atoms with van der Waals surface area (Å²) in [5.74, 6) is 0.633. The van der Waals surface area contributed by atoms with Crippen molar-refractivity contribution in [2.75, 3.05) is 6.54 Å². The van der Waals surface area contributed by atoms with E-state index in [1.54, 1.807) is 13.8 Å². The number of carbonyl (C=O) groups excluding carboxylic acids is 2. The molecule has 1 aliphatic rings. The first kappa shape index (κ1) is 11.7. The van der Waals surface area contributed by atoms with Crippen LogP contribution in [0.15, 0.2) is 4.52 Å². The van der Waals surface area contributed by atoms with Crippen molar-refractivity contribution in [2.45, 2.75) is 32.9 Å². The van der Waals surface area contributed by atoms with E-state index in [2.05, 4.69) is 15.5 Å². The zero-order valence-corrected chi connectivity index (χ0v) is 9.77. The summed E-state index contributed by atoms with van der Waals surface area (Å²) in [6.45, 7) is 4.20. The van der Waals surface area contributed by atoms with Gasteiger partial charge in [0.1, 0.15) is 0 Å². The van der Waals surface area contributed by atoms with Gasteiger partial charge in [-0.05, 0) is 13.8 Å². The highest BCUT2D eigenvalue weighted by Crippen LogP contribution is 2.12. The molecule has 0 saturated carbocycles. The standard InChI is InChI=1S/C10H14N4O3/c1-3-14-9(15)4-7(10(14)16)11-5-8-12-6(2)13-17-8/h7,11H,3-5H2,1-2H3. The minimum atomic E-state index is -0.477. The summed E-state index contributed by atoms with van der Waals surface area (Å²) in [7, 11) is 0. The van der Waals surface area contributed by atoms with Crippen LogP contribution in [-0.4, -0.2) is 39.4 Å². The molecule has 7 nitrogen and oxygen atoms in total. The summed E-state index contributed by atoms with van der Waals surface area (Å²) in [4.78, 5) is 28.5. The fraction of sp³-hybridized carbons (Fsp3) is 0.600.